The molecule has 0 unspecified atom stereocenters. The van der Waals surface area contributed by atoms with Crippen molar-refractivity contribution in [3.63, 3.8) is 0 Å². The van der Waals surface area contributed by atoms with Gasteiger partial charge in [-0.1, -0.05) is 109 Å². The number of benzene rings is 4. The van der Waals surface area contributed by atoms with Crippen LogP contribution in [-0.2, 0) is 25.5 Å². The number of esters is 1. The summed E-state index contributed by atoms with van der Waals surface area (Å²) in [7, 11) is 0. The first-order valence-corrected chi connectivity index (χ1v) is 14.8. The molecular weight excluding hydrogens is 568 g/mol. The van der Waals surface area contributed by atoms with Gasteiger partial charge in [0.2, 0.25) is 5.91 Å². The van der Waals surface area contributed by atoms with E-state index in [0.29, 0.717) is 5.56 Å². The molecule has 228 valence electrons. The van der Waals surface area contributed by atoms with Crippen molar-refractivity contribution in [1.29, 1.82) is 0 Å². The van der Waals surface area contributed by atoms with Crippen LogP contribution in [0, 0.1) is 0 Å². The zero-order chi connectivity index (χ0) is 31.8. The van der Waals surface area contributed by atoms with Crippen LogP contribution in [-0.4, -0.2) is 42.4 Å². The molecule has 5 rings (SSSR count). The summed E-state index contributed by atoms with van der Waals surface area (Å²) in [6.07, 6.45) is 0.624. The second-order valence-electron chi connectivity index (χ2n) is 10.8. The van der Waals surface area contributed by atoms with Crippen LogP contribution in [0.15, 0.2) is 121 Å². The molecule has 8 nitrogen and oxygen atoms in total. The molecule has 0 bridgehead atoms. The molecule has 45 heavy (non-hydrogen) atoms. The maximum absolute atomic E-state index is 13.2. The summed E-state index contributed by atoms with van der Waals surface area (Å²) in [5.74, 6) is -1.68. The summed E-state index contributed by atoms with van der Waals surface area (Å²) in [5.41, 5.74) is 5.62. The molecule has 0 saturated carbocycles. The van der Waals surface area contributed by atoms with Gasteiger partial charge >= 0.3 is 12.1 Å². The lowest BCUT2D eigenvalue weighted by Gasteiger charge is -2.21. The first-order chi connectivity index (χ1) is 21.8. The number of ketones is 1. The van der Waals surface area contributed by atoms with E-state index >= 15 is 0 Å². The van der Waals surface area contributed by atoms with Crippen molar-refractivity contribution in [3.05, 3.63) is 143 Å². The highest BCUT2D eigenvalue weighted by atomic mass is 16.5. The van der Waals surface area contributed by atoms with Gasteiger partial charge in [-0.25, -0.2) is 9.59 Å². The van der Waals surface area contributed by atoms with E-state index in [9.17, 15) is 19.2 Å². The molecular formula is C37H34N2O6. The number of amides is 2. The standard InChI is InChI=1S/C37H34N2O6/c1-24(21-34(40)27-15-7-4-8-16-27)45-36(42)33(22-26-13-5-3-6-14-26)39-35(41)25(2)38-37(43)44-23-32-30-19-11-9-17-28(30)29-18-10-12-20-31(29)32/h3-21,25,32-33H,22-23H2,1-2H3,(H,38,43)(H,39,41)/b24-21+/t25-,33-/m0/s1. The Morgan fingerprint density at radius 1 is 0.756 bits per heavy atom. The monoisotopic (exact) mass is 602 g/mol. The number of rotatable bonds is 11. The largest absolute Gasteiger partial charge is 0.449 e. The molecule has 1 aliphatic carbocycles. The molecule has 2 N–H and O–H groups in total. The van der Waals surface area contributed by atoms with Gasteiger partial charge in [0.25, 0.3) is 0 Å². The normalized spacial score (nSPS) is 13.5. The molecule has 4 aromatic carbocycles. The fraction of sp³-hybridized carbons (Fsp3) is 0.189. The number of alkyl carbamates (subject to hydrolysis) is 1. The Bertz CT molecular complexity index is 1670. The topological polar surface area (TPSA) is 111 Å². The Hall–Kier alpha value is -5.50. The highest BCUT2D eigenvalue weighted by molar-refractivity contribution is 6.04. The minimum Gasteiger partial charge on any atom is -0.449 e. The number of hydrogen-bond donors (Lipinski definition) is 2. The lowest BCUT2D eigenvalue weighted by atomic mass is 9.98. The van der Waals surface area contributed by atoms with E-state index in [0.717, 1.165) is 27.8 Å². The zero-order valence-corrected chi connectivity index (χ0v) is 25.1. The zero-order valence-electron chi connectivity index (χ0n) is 25.1. The Morgan fingerprint density at radius 2 is 1.31 bits per heavy atom. The van der Waals surface area contributed by atoms with Crippen molar-refractivity contribution in [2.24, 2.45) is 0 Å². The van der Waals surface area contributed by atoms with Gasteiger partial charge in [-0.05, 0) is 41.7 Å². The quantitative estimate of drug-likeness (QED) is 0.0947. The lowest BCUT2D eigenvalue weighted by Crippen LogP contribution is -2.51. The van der Waals surface area contributed by atoms with E-state index < -0.39 is 30.1 Å². The number of hydrogen-bond acceptors (Lipinski definition) is 6. The molecule has 0 heterocycles. The van der Waals surface area contributed by atoms with Gasteiger partial charge in [-0.15, -0.1) is 0 Å². The van der Waals surface area contributed by atoms with Gasteiger partial charge in [-0.3, -0.25) is 9.59 Å². The number of ether oxygens (including phenoxy) is 2. The van der Waals surface area contributed by atoms with E-state index in [1.165, 1.54) is 19.9 Å². The number of nitrogens with one attached hydrogen (secondary N) is 2. The van der Waals surface area contributed by atoms with Crippen LogP contribution in [0.3, 0.4) is 0 Å². The van der Waals surface area contributed by atoms with Crippen LogP contribution in [0.25, 0.3) is 11.1 Å². The fourth-order valence-corrected chi connectivity index (χ4v) is 5.35. The van der Waals surface area contributed by atoms with Crippen molar-refractivity contribution in [3.8, 4) is 11.1 Å². The molecule has 0 saturated heterocycles. The molecule has 4 aromatic rings. The smallest absolute Gasteiger partial charge is 0.407 e. The molecule has 0 aromatic heterocycles. The van der Waals surface area contributed by atoms with E-state index in [4.69, 9.17) is 9.47 Å². The number of allylic oxidation sites excluding steroid dienone is 2. The molecule has 0 radical (unpaired) electrons. The van der Waals surface area contributed by atoms with Crippen molar-refractivity contribution in [2.75, 3.05) is 6.61 Å². The number of fused-ring (bicyclic) bond motifs is 3. The van der Waals surface area contributed by atoms with E-state index in [2.05, 4.69) is 22.8 Å². The van der Waals surface area contributed by atoms with Gasteiger partial charge < -0.3 is 20.1 Å². The highest BCUT2D eigenvalue weighted by Crippen LogP contribution is 2.44. The van der Waals surface area contributed by atoms with E-state index in [1.54, 1.807) is 30.3 Å². The van der Waals surface area contributed by atoms with Crippen LogP contribution in [0.4, 0.5) is 4.79 Å². The Labute approximate surface area is 262 Å². The van der Waals surface area contributed by atoms with Gasteiger partial charge in [-0.2, -0.15) is 0 Å². The Kier molecular flexibility index (Phi) is 9.84. The fourth-order valence-electron chi connectivity index (χ4n) is 5.35. The third kappa shape index (κ3) is 7.72. The minimum absolute atomic E-state index is 0.0889. The first kappa shape index (κ1) is 30.9. The summed E-state index contributed by atoms with van der Waals surface area (Å²) in [5, 5.41) is 5.25. The number of carbonyl (C=O) groups is 4. The van der Waals surface area contributed by atoms with E-state index in [1.807, 2.05) is 66.7 Å². The summed E-state index contributed by atoms with van der Waals surface area (Å²) < 4.78 is 11.0. The lowest BCUT2D eigenvalue weighted by molar-refractivity contribution is -0.144. The molecule has 1 aliphatic rings. The van der Waals surface area contributed by atoms with Crippen LogP contribution in [0.5, 0.6) is 0 Å². The van der Waals surface area contributed by atoms with Crippen LogP contribution in [0.1, 0.15) is 46.8 Å². The second kappa shape index (κ2) is 14.3. The van der Waals surface area contributed by atoms with Gasteiger partial charge in [0.1, 0.15) is 24.4 Å². The van der Waals surface area contributed by atoms with Crippen molar-refractivity contribution < 1.29 is 28.7 Å². The third-order valence-electron chi connectivity index (χ3n) is 7.61. The SMILES string of the molecule is C/C(=C\C(=O)c1ccccc1)OC(=O)[C@H](Cc1ccccc1)NC(=O)[C@H](C)NC(=O)OCC1c2ccccc2-c2ccccc21. The number of carbonyl (C=O) groups excluding carboxylic acids is 4. The van der Waals surface area contributed by atoms with Crippen molar-refractivity contribution in [2.45, 2.75) is 38.3 Å². The van der Waals surface area contributed by atoms with Gasteiger partial charge in [0, 0.05) is 24.0 Å². The van der Waals surface area contributed by atoms with Crippen molar-refractivity contribution in [1.82, 2.24) is 10.6 Å². The summed E-state index contributed by atoms with van der Waals surface area (Å²) in [6.45, 7) is 3.11. The average Bonchev–Trinajstić information content (AvgIpc) is 3.37. The van der Waals surface area contributed by atoms with Gasteiger partial charge in [0.15, 0.2) is 5.78 Å². The Morgan fingerprint density at radius 3 is 1.93 bits per heavy atom. The maximum Gasteiger partial charge on any atom is 0.407 e. The van der Waals surface area contributed by atoms with Gasteiger partial charge in [0.05, 0.1) is 0 Å². The molecule has 2 amide bonds. The van der Waals surface area contributed by atoms with Crippen LogP contribution in [0.2, 0.25) is 0 Å². The maximum atomic E-state index is 13.2. The first-order valence-electron chi connectivity index (χ1n) is 14.8. The molecule has 0 aliphatic heterocycles. The van der Waals surface area contributed by atoms with Crippen LogP contribution < -0.4 is 10.6 Å². The van der Waals surface area contributed by atoms with Crippen LogP contribution >= 0.6 is 0 Å². The molecule has 2 atom stereocenters. The summed E-state index contributed by atoms with van der Waals surface area (Å²) in [4.78, 5) is 51.7. The molecule has 0 spiro atoms. The predicted octanol–water partition coefficient (Wildman–Crippen LogP) is 5.97. The Balaban J connectivity index is 1.20. The second-order valence-corrected chi connectivity index (χ2v) is 10.8. The third-order valence-corrected chi connectivity index (χ3v) is 7.61. The summed E-state index contributed by atoms with van der Waals surface area (Å²) in [6, 6.07) is 31.7. The molecule has 0 fully saturated rings. The highest BCUT2D eigenvalue weighted by Gasteiger charge is 2.30. The van der Waals surface area contributed by atoms with Crippen molar-refractivity contribution >= 4 is 23.8 Å². The van der Waals surface area contributed by atoms with E-state index in [-0.39, 0.29) is 30.5 Å². The minimum atomic E-state index is -1.08. The summed E-state index contributed by atoms with van der Waals surface area (Å²) >= 11 is 0. The molecule has 8 heteroatoms. The predicted molar refractivity (Wildman–Crippen MR) is 170 cm³/mol. The average molecular weight is 603 g/mol.